The zero-order valence-corrected chi connectivity index (χ0v) is 13.2. The Balaban J connectivity index is 1.54. The van der Waals surface area contributed by atoms with Crippen LogP contribution in [0.2, 0.25) is 0 Å². The van der Waals surface area contributed by atoms with Crippen molar-refractivity contribution < 1.29 is 13.2 Å². The maximum Gasteiger partial charge on any atom is 0.293 e. The largest absolute Gasteiger partial charge is 0.331 e. The molecule has 1 aromatic rings. The molecule has 9 heteroatoms. The minimum Gasteiger partial charge on any atom is -0.331 e. The van der Waals surface area contributed by atoms with Gasteiger partial charge in [0, 0.05) is 26.2 Å². The molecule has 1 amide bonds. The normalized spacial score (nSPS) is 29.0. The Morgan fingerprint density at radius 3 is 2.55 bits per heavy atom. The molecule has 8 nitrogen and oxygen atoms in total. The Hall–Kier alpha value is -1.48. The van der Waals surface area contributed by atoms with E-state index in [0.29, 0.717) is 25.9 Å². The molecule has 120 valence electrons. The second-order valence-corrected chi connectivity index (χ2v) is 8.47. The molecule has 3 heterocycles. The van der Waals surface area contributed by atoms with Crippen LogP contribution in [0.15, 0.2) is 6.33 Å². The third-order valence-corrected chi connectivity index (χ3v) is 7.27. The van der Waals surface area contributed by atoms with E-state index in [9.17, 15) is 13.2 Å². The SMILES string of the molecule is Cn1cnc(C(=O)N2CC[C@H]3[C@H]2CCN3S(=O)(=O)C2CC2)n1. The van der Waals surface area contributed by atoms with Gasteiger partial charge in [-0.15, -0.1) is 5.10 Å². The average Bonchev–Trinajstić information content (AvgIpc) is 2.92. The molecule has 2 atom stereocenters. The van der Waals surface area contributed by atoms with Crippen molar-refractivity contribution in [3.8, 4) is 0 Å². The number of aryl methyl sites for hydroxylation is 1. The van der Waals surface area contributed by atoms with Gasteiger partial charge in [0.25, 0.3) is 5.91 Å². The van der Waals surface area contributed by atoms with Gasteiger partial charge >= 0.3 is 0 Å². The highest BCUT2D eigenvalue weighted by atomic mass is 32.2. The predicted octanol–water partition coefficient (Wildman–Crippen LogP) is -0.404. The molecule has 1 aromatic heterocycles. The molecule has 4 rings (SSSR count). The number of carbonyl (C=O) groups excluding carboxylic acids is 1. The highest BCUT2D eigenvalue weighted by Crippen LogP contribution is 2.39. The van der Waals surface area contributed by atoms with Gasteiger partial charge in [-0.3, -0.25) is 9.48 Å². The zero-order valence-electron chi connectivity index (χ0n) is 12.4. The summed E-state index contributed by atoms with van der Waals surface area (Å²) in [4.78, 5) is 18.3. The Kier molecular flexibility index (Phi) is 3.06. The van der Waals surface area contributed by atoms with Crippen LogP contribution >= 0.6 is 0 Å². The molecule has 0 N–H and O–H groups in total. The fraction of sp³-hybridized carbons (Fsp3) is 0.769. The van der Waals surface area contributed by atoms with Crippen molar-refractivity contribution in [2.24, 2.45) is 7.05 Å². The molecule has 22 heavy (non-hydrogen) atoms. The van der Waals surface area contributed by atoms with Crippen LogP contribution in [0.3, 0.4) is 0 Å². The molecule has 0 bridgehead atoms. The number of aromatic nitrogens is 3. The maximum absolute atomic E-state index is 12.5. The fourth-order valence-corrected chi connectivity index (χ4v) is 5.74. The number of likely N-dealkylation sites (tertiary alicyclic amines) is 1. The summed E-state index contributed by atoms with van der Waals surface area (Å²) in [5.41, 5.74) is 0. The molecule has 3 aliphatic rings. The van der Waals surface area contributed by atoms with Gasteiger partial charge in [-0.1, -0.05) is 0 Å². The van der Waals surface area contributed by atoms with Crippen LogP contribution in [0.4, 0.5) is 0 Å². The number of fused-ring (bicyclic) bond motifs is 1. The molecule has 2 saturated heterocycles. The number of rotatable bonds is 3. The summed E-state index contributed by atoms with van der Waals surface area (Å²) in [6, 6.07) is -0.108. The van der Waals surface area contributed by atoms with E-state index in [1.165, 1.54) is 11.0 Å². The quantitative estimate of drug-likeness (QED) is 0.754. The van der Waals surface area contributed by atoms with Crippen LogP contribution < -0.4 is 0 Å². The van der Waals surface area contributed by atoms with Gasteiger partial charge in [-0.25, -0.2) is 13.4 Å². The third-order valence-electron chi connectivity index (χ3n) is 4.85. The van der Waals surface area contributed by atoms with E-state index in [2.05, 4.69) is 10.1 Å². The molecule has 1 saturated carbocycles. The van der Waals surface area contributed by atoms with Gasteiger partial charge in [-0.05, 0) is 25.7 Å². The minimum absolute atomic E-state index is 0.0372. The minimum atomic E-state index is -3.17. The van der Waals surface area contributed by atoms with Crippen molar-refractivity contribution in [1.29, 1.82) is 0 Å². The highest BCUT2D eigenvalue weighted by molar-refractivity contribution is 7.90. The Bertz CT molecular complexity index is 711. The number of sulfonamides is 1. The van der Waals surface area contributed by atoms with E-state index in [4.69, 9.17) is 0 Å². The number of hydrogen-bond donors (Lipinski definition) is 0. The standard InChI is InChI=1S/C13H19N5O3S/c1-16-8-14-12(15-16)13(19)17-6-4-11-10(17)5-7-18(11)22(20,21)9-2-3-9/h8-11H,2-7H2,1H3/t10-,11+/m1/s1. The molecule has 0 aromatic carbocycles. The van der Waals surface area contributed by atoms with Crippen LogP contribution in [0.25, 0.3) is 0 Å². The van der Waals surface area contributed by atoms with Gasteiger partial charge in [-0.2, -0.15) is 4.31 Å². The van der Waals surface area contributed by atoms with E-state index in [1.807, 2.05) is 0 Å². The van der Waals surface area contributed by atoms with Crippen molar-refractivity contribution in [2.75, 3.05) is 13.1 Å². The predicted molar refractivity (Wildman–Crippen MR) is 77.5 cm³/mol. The Labute approximate surface area is 129 Å². The first-order valence-corrected chi connectivity index (χ1v) is 9.16. The number of amides is 1. The first-order chi connectivity index (χ1) is 10.5. The van der Waals surface area contributed by atoms with E-state index in [-0.39, 0.29) is 29.1 Å². The van der Waals surface area contributed by atoms with Crippen molar-refractivity contribution in [3.05, 3.63) is 12.2 Å². The molecule has 0 radical (unpaired) electrons. The molecule has 1 aliphatic carbocycles. The first-order valence-electron chi connectivity index (χ1n) is 7.66. The highest BCUT2D eigenvalue weighted by Gasteiger charge is 2.52. The molecule has 2 aliphatic heterocycles. The van der Waals surface area contributed by atoms with Crippen LogP contribution in [0.5, 0.6) is 0 Å². The Morgan fingerprint density at radius 2 is 1.91 bits per heavy atom. The second kappa shape index (κ2) is 4.76. The lowest BCUT2D eigenvalue weighted by Crippen LogP contribution is -2.42. The van der Waals surface area contributed by atoms with Gasteiger partial charge < -0.3 is 4.90 Å². The summed E-state index contributed by atoms with van der Waals surface area (Å²) >= 11 is 0. The monoisotopic (exact) mass is 325 g/mol. The number of carbonyl (C=O) groups is 1. The summed E-state index contributed by atoms with van der Waals surface area (Å²) in [5.74, 6) is -0.00887. The van der Waals surface area contributed by atoms with Crippen LogP contribution in [-0.4, -0.2) is 68.7 Å². The van der Waals surface area contributed by atoms with Crippen LogP contribution in [-0.2, 0) is 17.1 Å². The second-order valence-electron chi connectivity index (χ2n) is 6.31. The molecular formula is C13H19N5O3S. The Morgan fingerprint density at radius 1 is 1.18 bits per heavy atom. The average molecular weight is 325 g/mol. The summed E-state index contributed by atoms with van der Waals surface area (Å²) in [6.07, 6.45) is 4.46. The van der Waals surface area contributed by atoms with E-state index in [1.54, 1.807) is 16.3 Å². The first kappa shape index (κ1) is 14.1. The van der Waals surface area contributed by atoms with Crippen LogP contribution in [0, 0.1) is 0 Å². The number of hydrogen-bond acceptors (Lipinski definition) is 5. The summed E-state index contributed by atoms with van der Waals surface area (Å²) in [6.45, 7) is 1.09. The molecule has 0 unspecified atom stereocenters. The van der Waals surface area contributed by atoms with E-state index < -0.39 is 10.0 Å². The summed E-state index contributed by atoms with van der Waals surface area (Å²) < 4.78 is 28.1. The molecule has 0 spiro atoms. The lowest BCUT2D eigenvalue weighted by Gasteiger charge is -2.24. The zero-order chi connectivity index (χ0) is 15.5. The van der Waals surface area contributed by atoms with E-state index in [0.717, 1.165) is 12.8 Å². The molecule has 3 fully saturated rings. The van der Waals surface area contributed by atoms with Crippen molar-refractivity contribution in [2.45, 2.75) is 43.0 Å². The van der Waals surface area contributed by atoms with Gasteiger partial charge in [0.05, 0.1) is 11.3 Å². The van der Waals surface area contributed by atoms with Gasteiger partial charge in [0.1, 0.15) is 6.33 Å². The smallest absolute Gasteiger partial charge is 0.293 e. The van der Waals surface area contributed by atoms with Gasteiger partial charge in [0.15, 0.2) is 0 Å². The fourth-order valence-electron chi connectivity index (χ4n) is 3.64. The third kappa shape index (κ3) is 2.06. The van der Waals surface area contributed by atoms with Gasteiger partial charge in [0.2, 0.25) is 15.8 Å². The van der Waals surface area contributed by atoms with Crippen molar-refractivity contribution >= 4 is 15.9 Å². The van der Waals surface area contributed by atoms with Crippen molar-refractivity contribution in [3.63, 3.8) is 0 Å². The topological polar surface area (TPSA) is 88.4 Å². The molecular weight excluding hydrogens is 306 g/mol. The lowest BCUT2D eigenvalue weighted by atomic mass is 10.1. The van der Waals surface area contributed by atoms with Crippen LogP contribution in [0.1, 0.15) is 36.3 Å². The lowest BCUT2D eigenvalue weighted by molar-refractivity contribution is 0.0722. The van der Waals surface area contributed by atoms with E-state index >= 15 is 0 Å². The maximum atomic E-state index is 12.5. The summed E-state index contributed by atoms with van der Waals surface area (Å²) in [7, 11) is -1.45. The number of nitrogens with zero attached hydrogens (tertiary/aromatic N) is 5. The summed E-state index contributed by atoms with van der Waals surface area (Å²) in [5, 5.41) is 3.87. The van der Waals surface area contributed by atoms with Crippen molar-refractivity contribution in [1.82, 2.24) is 24.0 Å².